The minimum Gasteiger partial charge on any atom is -0.226 e. The summed E-state index contributed by atoms with van der Waals surface area (Å²) in [6.07, 6.45) is 0. The summed E-state index contributed by atoms with van der Waals surface area (Å²) >= 11 is 19.9. The van der Waals surface area contributed by atoms with Gasteiger partial charge in [-0.3, -0.25) is 0 Å². The molecular formula is C13H7Cl3N2S. The Labute approximate surface area is 129 Å². The Hall–Kier alpha value is -0.870. The van der Waals surface area contributed by atoms with Crippen molar-refractivity contribution in [1.29, 1.82) is 0 Å². The molecule has 96 valence electrons. The molecule has 0 amide bonds. The molecule has 0 spiro atoms. The van der Waals surface area contributed by atoms with Crippen molar-refractivity contribution in [3.05, 3.63) is 44.3 Å². The molecule has 3 aromatic rings. The third-order valence-electron chi connectivity index (χ3n) is 2.74. The number of aromatic nitrogens is 2. The third-order valence-corrected chi connectivity index (χ3v) is 4.54. The van der Waals surface area contributed by atoms with Gasteiger partial charge in [-0.25, -0.2) is 9.97 Å². The third kappa shape index (κ3) is 2.32. The molecule has 2 heterocycles. The van der Waals surface area contributed by atoms with Crippen molar-refractivity contribution in [2.24, 2.45) is 0 Å². The molecule has 0 fully saturated rings. The lowest BCUT2D eigenvalue weighted by molar-refractivity contribution is 1.23. The Morgan fingerprint density at radius 3 is 2.58 bits per heavy atom. The number of halogens is 3. The fourth-order valence-corrected chi connectivity index (χ4v) is 3.44. The molecule has 0 N–H and O–H groups in total. The first kappa shape index (κ1) is 13.1. The Morgan fingerprint density at radius 1 is 1.11 bits per heavy atom. The normalized spacial score (nSPS) is 11.2. The molecule has 2 nitrogen and oxygen atoms in total. The zero-order chi connectivity index (χ0) is 13.6. The van der Waals surface area contributed by atoms with Crippen molar-refractivity contribution >= 4 is 57.0 Å². The van der Waals surface area contributed by atoms with Gasteiger partial charge in [-0.2, -0.15) is 0 Å². The Bertz CT molecular complexity index is 783. The van der Waals surface area contributed by atoms with E-state index in [1.807, 2.05) is 18.4 Å². The van der Waals surface area contributed by atoms with Gasteiger partial charge in [0, 0.05) is 10.4 Å². The topological polar surface area (TPSA) is 25.8 Å². The highest BCUT2D eigenvalue weighted by Crippen LogP contribution is 2.34. The molecule has 0 unspecified atom stereocenters. The summed E-state index contributed by atoms with van der Waals surface area (Å²) in [5, 5.41) is 4.01. The molecular weight excluding hydrogens is 323 g/mol. The predicted molar refractivity (Wildman–Crippen MR) is 82.6 cm³/mol. The number of thiophene rings is 1. The summed E-state index contributed by atoms with van der Waals surface area (Å²) < 4.78 is 0. The molecule has 0 atom stereocenters. The van der Waals surface area contributed by atoms with Gasteiger partial charge in [0.25, 0.3) is 0 Å². The molecule has 6 heteroatoms. The lowest BCUT2D eigenvalue weighted by Crippen LogP contribution is -1.92. The van der Waals surface area contributed by atoms with Crippen LogP contribution < -0.4 is 0 Å². The van der Waals surface area contributed by atoms with Gasteiger partial charge in [0.05, 0.1) is 15.4 Å². The number of benzene rings is 1. The monoisotopic (exact) mass is 328 g/mol. The van der Waals surface area contributed by atoms with Crippen molar-refractivity contribution in [3.8, 4) is 10.7 Å². The largest absolute Gasteiger partial charge is 0.226 e. The van der Waals surface area contributed by atoms with Gasteiger partial charge in [0.2, 0.25) is 0 Å². The first-order valence-electron chi connectivity index (χ1n) is 5.43. The smallest absolute Gasteiger partial charge is 0.171 e. The van der Waals surface area contributed by atoms with E-state index in [2.05, 4.69) is 9.97 Å². The standard InChI is InChI=1S/C13H7Cl3N2S/c1-6-2-3-19-11(6)13-17-10-8(12(16)18-13)4-7(14)5-9(10)15/h2-5H,1H3. The van der Waals surface area contributed by atoms with Crippen LogP contribution in [0.3, 0.4) is 0 Å². The van der Waals surface area contributed by atoms with E-state index in [1.165, 1.54) is 0 Å². The van der Waals surface area contributed by atoms with Crippen LogP contribution in [0.25, 0.3) is 21.6 Å². The van der Waals surface area contributed by atoms with E-state index in [-0.39, 0.29) is 0 Å². The van der Waals surface area contributed by atoms with E-state index >= 15 is 0 Å². The number of hydrogen-bond donors (Lipinski definition) is 0. The van der Waals surface area contributed by atoms with E-state index in [1.54, 1.807) is 23.5 Å². The maximum Gasteiger partial charge on any atom is 0.171 e. The van der Waals surface area contributed by atoms with Crippen LogP contribution in [0.2, 0.25) is 15.2 Å². The fourth-order valence-electron chi connectivity index (χ4n) is 1.82. The molecule has 1 aromatic carbocycles. The molecule has 0 aliphatic rings. The molecule has 0 radical (unpaired) electrons. The van der Waals surface area contributed by atoms with Crippen LogP contribution in [-0.2, 0) is 0 Å². The van der Waals surface area contributed by atoms with Crippen molar-refractivity contribution in [2.75, 3.05) is 0 Å². The summed E-state index contributed by atoms with van der Waals surface area (Å²) in [6.45, 7) is 2.01. The summed E-state index contributed by atoms with van der Waals surface area (Å²) in [5.41, 5.74) is 1.74. The minimum absolute atomic E-state index is 0.359. The van der Waals surface area contributed by atoms with Crippen LogP contribution in [0, 0.1) is 6.92 Å². The highest BCUT2D eigenvalue weighted by atomic mass is 35.5. The number of fused-ring (bicyclic) bond motifs is 1. The van der Waals surface area contributed by atoms with Gasteiger partial charge < -0.3 is 0 Å². The number of nitrogens with zero attached hydrogens (tertiary/aromatic N) is 2. The lowest BCUT2D eigenvalue weighted by atomic mass is 10.2. The van der Waals surface area contributed by atoms with Crippen molar-refractivity contribution < 1.29 is 0 Å². The van der Waals surface area contributed by atoms with Crippen LogP contribution in [0.4, 0.5) is 0 Å². The van der Waals surface area contributed by atoms with E-state index in [0.29, 0.717) is 31.9 Å². The molecule has 19 heavy (non-hydrogen) atoms. The van der Waals surface area contributed by atoms with Gasteiger partial charge in [-0.1, -0.05) is 34.8 Å². The van der Waals surface area contributed by atoms with E-state index < -0.39 is 0 Å². The Balaban J connectivity index is 2.34. The van der Waals surface area contributed by atoms with Crippen LogP contribution in [0.15, 0.2) is 23.6 Å². The quantitative estimate of drug-likeness (QED) is 0.541. The Morgan fingerprint density at radius 2 is 1.89 bits per heavy atom. The molecule has 3 rings (SSSR count). The average Bonchev–Trinajstić information content (AvgIpc) is 2.76. The van der Waals surface area contributed by atoms with Crippen LogP contribution >= 0.6 is 46.1 Å². The van der Waals surface area contributed by atoms with E-state index in [4.69, 9.17) is 34.8 Å². The minimum atomic E-state index is 0.359. The van der Waals surface area contributed by atoms with Gasteiger partial charge in [0.1, 0.15) is 5.15 Å². The van der Waals surface area contributed by atoms with E-state index in [9.17, 15) is 0 Å². The summed E-state index contributed by atoms with van der Waals surface area (Å²) in [6, 6.07) is 5.39. The van der Waals surface area contributed by atoms with Gasteiger partial charge in [-0.15, -0.1) is 11.3 Å². The van der Waals surface area contributed by atoms with Gasteiger partial charge in [-0.05, 0) is 36.1 Å². The van der Waals surface area contributed by atoms with Crippen molar-refractivity contribution in [1.82, 2.24) is 9.97 Å². The van der Waals surface area contributed by atoms with Crippen LogP contribution in [-0.4, -0.2) is 9.97 Å². The van der Waals surface area contributed by atoms with Gasteiger partial charge >= 0.3 is 0 Å². The average molecular weight is 330 g/mol. The summed E-state index contributed by atoms with van der Waals surface area (Å²) in [7, 11) is 0. The molecule has 0 saturated heterocycles. The second kappa shape index (κ2) is 4.91. The fraction of sp³-hybridized carbons (Fsp3) is 0.0769. The second-order valence-electron chi connectivity index (χ2n) is 4.05. The second-order valence-corrected chi connectivity index (χ2v) is 6.17. The molecule has 0 saturated carbocycles. The van der Waals surface area contributed by atoms with Gasteiger partial charge in [0.15, 0.2) is 5.82 Å². The zero-order valence-corrected chi connectivity index (χ0v) is 12.8. The molecule has 0 aliphatic carbocycles. The summed E-state index contributed by atoms with van der Waals surface area (Å²) in [4.78, 5) is 9.83. The molecule has 2 aromatic heterocycles. The molecule has 0 aliphatic heterocycles. The van der Waals surface area contributed by atoms with Crippen molar-refractivity contribution in [3.63, 3.8) is 0 Å². The highest BCUT2D eigenvalue weighted by molar-refractivity contribution is 7.13. The van der Waals surface area contributed by atoms with E-state index in [0.717, 1.165) is 10.4 Å². The maximum atomic E-state index is 6.21. The van der Waals surface area contributed by atoms with Crippen molar-refractivity contribution in [2.45, 2.75) is 6.92 Å². The number of aryl methyl sites for hydroxylation is 1. The zero-order valence-electron chi connectivity index (χ0n) is 9.75. The van der Waals surface area contributed by atoms with Crippen LogP contribution in [0.1, 0.15) is 5.56 Å². The summed E-state index contributed by atoms with van der Waals surface area (Å²) in [5.74, 6) is 0.592. The number of hydrogen-bond acceptors (Lipinski definition) is 3. The van der Waals surface area contributed by atoms with Crippen LogP contribution in [0.5, 0.6) is 0 Å². The number of rotatable bonds is 1. The maximum absolute atomic E-state index is 6.21. The SMILES string of the molecule is Cc1ccsc1-c1nc(Cl)c2cc(Cl)cc(Cl)c2n1. The Kier molecular flexibility index (Phi) is 3.39. The first-order valence-corrected chi connectivity index (χ1v) is 7.44. The lowest BCUT2D eigenvalue weighted by Gasteiger charge is -2.06. The molecule has 0 bridgehead atoms. The first-order chi connectivity index (χ1) is 9.06. The highest BCUT2D eigenvalue weighted by Gasteiger charge is 2.13. The predicted octanol–water partition coefficient (Wildman–Crippen LogP) is 5.63.